The van der Waals surface area contributed by atoms with Crippen molar-refractivity contribution in [2.75, 3.05) is 13.1 Å². The van der Waals surface area contributed by atoms with Crippen molar-refractivity contribution < 1.29 is 21.1 Å². The third kappa shape index (κ3) is 34.1. The van der Waals surface area contributed by atoms with Gasteiger partial charge in [-0.25, -0.2) is 0 Å². The van der Waals surface area contributed by atoms with E-state index in [0.717, 1.165) is 24.5 Å². The quantitative estimate of drug-likeness (QED) is 0.0543. The van der Waals surface area contributed by atoms with Crippen LogP contribution in [0.1, 0.15) is 205 Å². The van der Waals surface area contributed by atoms with Gasteiger partial charge in [-0.15, -0.1) is 0 Å². The minimum atomic E-state index is 0. The van der Waals surface area contributed by atoms with Gasteiger partial charge in [0.1, 0.15) is 0 Å². The summed E-state index contributed by atoms with van der Waals surface area (Å²) >= 11 is 0. The Morgan fingerprint density at radius 3 is 0.915 bits per heavy atom. The fourth-order valence-corrected chi connectivity index (χ4v) is 5.73. The van der Waals surface area contributed by atoms with Crippen molar-refractivity contribution in [2.45, 2.75) is 194 Å². The van der Waals surface area contributed by atoms with E-state index in [-0.39, 0.29) is 21.1 Å². The van der Waals surface area contributed by atoms with E-state index in [4.69, 9.17) is 0 Å². The number of imidazole rings is 2. The van der Waals surface area contributed by atoms with Gasteiger partial charge in [-0.05, 0) is 24.2 Å². The molecule has 0 fully saturated rings. The first-order valence-corrected chi connectivity index (χ1v) is 19.7. The molecule has 272 valence electrons. The van der Waals surface area contributed by atoms with Crippen LogP contribution in [0.15, 0.2) is 35.0 Å². The van der Waals surface area contributed by atoms with Crippen LogP contribution in [-0.4, -0.2) is 35.5 Å². The number of aromatic nitrogens is 4. The molecule has 7 heteroatoms. The molecule has 0 N–H and O–H groups in total. The Hall–Kier alpha value is -1.55. The summed E-state index contributed by atoms with van der Waals surface area (Å²) in [6.45, 7) is 6.41. The van der Waals surface area contributed by atoms with E-state index >= 15 is 0 Å². The van der Waals surface area contributed by atoms with Gasteiger partial charge in [0, 0.05) is 25.5 Å². The summed E-state index contributed by atoms with van der Waals surface area (Å²) in [5.41, 5.74) is 1.74. The molecule has 0 unspecified atom stereocenters. The molecule has 0 aliphatic heterocycles. The molecule has 0 saturated carbocycles. The average molecular weight is 832 g/mol. The average Bonchev–Trinajstić information content (AvgIpc) is 3.80. The molecule has 0 bridgehead atoms. The minimum absolute atomic E-state index is 0. The number of unbranched alkanes of at least 4 members (excludes halogenated alkanes) is 26. The monoisotopic (exact) mass is 832 g/mol. The Kier molecular flexibility index (Phi) is 37.6. The SMILES string of the molecule is CCCCCCCCCCCCCCCCN=Cc1cnc[n-]1.CCCCCCCCCCCCCCCCN=Cc1cnc[n-]1.[Pt+2]. The smallest absolute Gasteiger partial charge is 0.449 e. The van der Waals surface area contributed by atoms with Crippen LogP contribution in [0.3, 0.4) is 0 Å². The second-order valence-corrected chi connectivity index (χ2v) is 13.2. The first-order chi connectivity index (χ1) is 22.9. The number of hydrogen-bond acceptors (Lipinski definition) is 4. The maximum absolute atomic E-state index is 4.38. The van der Waals surface area contributed by atoms with E-state index in [2.05, 4.69) is 43.8 Å². The molecule has 2 aromatic rings. The predicted molar refractivity (Wildman–Crippen MR) is 201 cm³/mol. The van der Waals surface area contributed by atoms with Crippen LogP contribution in [0.2, 0.25) is 0 Å². The topological polar surface area (TPSA) is 78.7 Å². The van der Waals surface area contributed by atoms with Crippen LogP contribution in [-0.2, 0) is 21.1 Å². The number of nitrogens with zero attached hydrogens (tertiary/aromatic N) is 6. The molecular weight excluding hydrogens is 760 g/mol. The Bertz CT molecular complexity index is 793. The molecule has 6 nitrogen and oxygen atoms in total. The van der Waals surface area contributed by atoms with Gasteiger partial charge in [0.15, 0.2) is 0 Å². The van der Waals surface area contributed by atoms with Gasteiger partial charge < -0.3 is 19.9 Å². The van der Waals surface area contributed by atoms with Crippen LogP contribution >= 0.6 is 0 Å². The molecular formula is C40H72N6Pt. The molecule has 47 heavy (non-hydrogen) atoms. The van der Waals surface area contributed by atoms with E-state index in [1.165, 1.54) is 180 Å². The zero-order chi connectivity index (χ0) is 32.9. The fourth-order valence-electron chi connectivity index (χ4n) is 5.73. The molecule has 0 amide bonds. The van der Waals surface area contributed by atoms with Gasteiger partial charge in [-0.3, -0.25) is 9.98 Å². The molecule has 0 spiro atoms. The molecule has 0 radical (unpaired) electrons. The van der Waals surface area contributed by atoms with E-state index in [1.54, 1.807) is 25.0 Å². The summed E-state index contributed by atoms with van der Waals surface area (Å²) < 4.78 is 0. The molecule has 2 rings (SSSR count). The van der Waals surface area contributed by atoms with E-state index < -0.39 is 0 Å². The minimum Gasteiger partial charge on any atom is -0.449 e. The number of hydrogen-bond donors (Lipinski definition) is 0. The molecule has 0 aliphatic carbocycles. The van der Waals surface area contributed by atoms with Crippen molar-refractivity contribution in [3.63, 3.8) is 0 Å². The summed E-state index contributed by atoms with van der Waals surface area (Å²) in [5.74, 6) is 0. The molecule has 0 aromatic carbocycles. The van der Waals surface area contributed by atoms with Crippen molar-refractivity contribution >= 4 is 12.4 Å². The zero-order valence-electron chi connectivity index (χ0n) is 30.7. The third-order valence-corrected chi connectivity index (χ3v) is 8.69. The molecule has 2 aromatic heterocycles. The Labute approximate surface area is 305 Å². The Balaban J connectivity index is 0.000000882. The van der Waals surface area contributed by atoms with Crippen LogP contribution < -0.4 is 9.97 Å². The predicted octanol–water partition coefficient (Wildman–Crippen LogP) is 11.9. The zero-order valence-corrected chi connectivity index (χ0v) is 32.9. The van der Waals surface area contributed by atoms with Crippen LogP contribution in [0.4, 0.5) is 0 Å². The largest absolute Gasteiger partial charge is 2.00 e. The van der Waals surface area contributed by atoms with Gasteiger partial charge in [0.25, 0.3) is 0 Å². The summed E-state index contributed by atoms with van der Waals surface area (Å²) in [6, 6.07) is 0. The van der Waals surface area contributed by atoms with Crippen molar-refractivity contribution in [1.82, 2.24) is 19.9 Å². The van der Waals surface area contributed by atoms with Crippen molar-refractivity contribution in [2.24, 2.45) is 9.98 Å². The van der Waals surface area contributed by atoms with Crippen molar-refractivity contribution in [3.8, 4) is 0 Å². The van der Waals surface area contributed by atoms with Gasteiger partial charge >= 0.3 is 21.1 Å². The standard InChI is InChI=1S/2C20H36N3.Pt/c2*1-2-3-4-5-6-7-8-9-10-11-12-13-14-15-16-21-17-20-18-22-19-23-20;/h2*17-19H,2-16H2,1H3;/q2*-1;+2. The van der Waals surface area contributed by atoms with Crippen molar-refractivity contribution in [3.05, 3.63) is 36.4 Å². The van der Waals surface area contributed by atoms with Crippen LogP contribution in [0.5, 0.6) is 0 Å². The first-order valence-electron chi connectivity index (χ1n) is 19.7. The maximum Gasteiger partial charge on any atom is 2.00 e. The van der Waals surface area contributed by atoms with Crippen LogP contribution in [0, 0.1) is 0 Å². The van der Waals surface area contributed by atoms with E-state index in [9.17, 15) is 0 Å². The summed E-state index contributed by atoms with van der Waals surface area (Å²) in [4.78, 5) is 24.7. The second kappa shape index (κ2) is 38.9. The van der Waals surface area contributed by atoms with E-state index in [0.29, 0.717) is 0 Å². The summed E-state index contributed by atoms with van der Waals surface area (Å²) in [6.07, 6.45) is 49.5. The first kappa shape index (κ1) is 45.4. The number of rotatable bonds is 32. The van der Waals surface area contributed by atoms with Crippen molar-refractivity contribution in [1.29, 1.82) is 0 Å². The number of aliphatic imine (C=N–C) groups is 2. The van der Waals surface area contributed by atoms with E-state index in [1.807, 2.05) is 12.4 Å². The molecule has 0 atom stereocenters. The Morgan fingerprint density at radius 2 is 0.681 bits per heavy atom. The summed E-state index contributed by atoms with van der Waals surface area (Å²) in [7, 11) is 0. The molecule has 0 aliphatic rings. The fraction of sp³-hybridized carbons (Fsp3) is 0.800. The van der Waals surface area contributed by atoms with Gasteiger partial charge in [-0.2, -0.15) is 0 Å². The Morgan fingerprint density at radius 1 is 0.426 bits per heavy atom. The third-order valence-electron chi connectivity index (χ3n) is 8.69. The summed E-state index contributed by atoms with van der Waals surface area (Å²) in [5, 5.41) is 0. The van der Waals surface area contributed by atoms with Gasteiger partial charge in [0.05, 0.1) is 0 Å². The van der Waals surface area contributed by atoms with Gasteiger partial charge in [-0.1, -0.05) is 206 Å². The van der Waals surface area contributed by atoms with Gasteiger partial charge in [0.2, 0.25) is 0 Å². The molecule has 0 saturated heterocycles. The molecule has 2 heterocycles. The maximum atomic E-state index is 4.38. The van der Waals surface area contributed by atoms with Crippen LogP contribution in [0.25, 0.3) is 0 Å². The normalized spacial score (nSPS) is 11.3. The second-order valence-electron chi connectivity index (χ2n) is 13.2.